The Kier molecular flexibility index (Phi) is 7.91. The third-order valence-electron chi connectivity index (χ3n) is 5.92. The number of hydrogen-bond donors (Lipinski definition) is 3. The van der Waals surface area contributed by atoms with Gasteiger partial charge >= 0.3 is 6.03 Å². The van der Waals surface area contributed by atoms with Gasteiger partial charge < -0.3 is 10.4 Å². The average molecular weight is 513 g/mol. The maximum atomic E-state index is 14.6. The van der Waals surface area contributed by atoms with Crippen LogP contribution in [0.1, 0.15) is 70.1 Å². The first kappa shape index (κ1) is 27.4. The van der Waals surface area contributed by atoms with Crippen molar-refractivity contribution in [3.8, 4) is 11.1 Å². The Bertz CT molecular complexity index is 1360. The van der Waals surface area contributed by atoms with E-state index in [-0.39, 0.29) is 22.4 Å². The summed E-state index contributed by atoms with van der Waals surface area (Å²) in [4.78, 5) is 12.7. The van der Waals surface area contributed by atoms with Crippen LogP contribution < -0.4 is 10.0 Å². The number of sulfonamides is 1. The molecule has 36 heavy (non-hydrogen) atoms. The quantitative estimate of drug-likeness (QED) is 0.338. The molecule has 3 aromatic carbocycles. The zero-order valence-electron chi connectivity index (χ0n) is 21.4. The monoisotopic (exact) mass is 512 g/mol. The summed E-state index contributed by atoms with van der Waals surface area (Å²) in [5.41, 5.74) is 1.66. The van der Waals surface area contributed by atoms with E-state index in [1.54, 1.807) is 39.8 Å². The molecule has 192 valence electrons. The van der Waals surface area contributed by atoms with Crippen molar-refractivity contribution in [2.75, 3.05) is 5.32 Å². The predicted molar refractivity (Wildman–Crippen MR) is 141 cm³/mol. The van der Waals surface area contributed by atoms with Gasteiger partial charge in [-0.1, -0.05) is 64.1 Å². The van der Waals surface area contributed by atoms with Crippen LogP contribution in [-0.2, 0) is 15.6 Å². The topological polar surface area (TPSA) is 95.5 Å². The molecule has 0 saturated heterocycles. The van der Waals surface area contributed by atoms with Gasteiger partial charge in [0.2, 0.25) is 0 Å². The van der Waals surface area contributed by atoms with Crippen LogP contribution in [0.15, 0.2) is 65.6 Å². The number of hydrogen-bond acceptors (Lipinski definition) is 4. The predicted octanol–water partition coefficient (Wildman–Crippen LogP) is 6.48. The second-order valence-electron chi connectivity index (χ2n) is 9.97. The first-order valence-corrected chi connectivity index (χ1v) is 13.3. The third kappa shape index (κ3) is 6.12. The highest BCUT2D eigenvalue weighted by Crippen LogP contribution is 2.35. The fourth-order valence-corrected chi connectivity index (χ4v) is 5.00. The van der Waals surface area contributed by atoms with Gasteiger partial charge in [0.25, 0.3) is 10.0 Å². The van der Waals surface area contributed by atoms with Gasteiger partial charge in [-0.3, -0.25) is 0 Å². The van der Waals surface area contributed by atoms with Crippen molar-refractivity contribution >= 4 is 21.7 Å². The van der Waals surface area contributed by atoms with Crippen molar-refractivity contribution in [3.05, 3.63) is 83.2 Å². The summed E-state index contributed by atoms with van der Waals surface area (Å²) in [5, 5.41) is 13.2. The molecule has 0 bridgehead atoms. The number of halogens is 1. The van der Waals surface area contributed by atoms with Crippen LogP contribution >= 0.6 is 0 Å². The molecule has 0 aliphatic heterocycles. The summed E-state index contributed by atoms with van der Waals surface area (Å²) >= 11 is 0. The summed E-state index contributed by atoms with van der Waals surface area (Å²) in [6.45, 7) is 10.5. The van der Waals surface area contributed by atoms with E-state index in [1.165, 1.54) is 18.2 Å². The number of benzene rings is 3. The molecule has 0 aliphatic carbocycles. The van der Waals surface area contributed by atoms with Gasteiger partial charge in [-0.25, -0.2) is 22.3 Å². The van der Waals surface area contributed by atoms with Gasteiger partial charge in [0, 0.05) is 5.56 Å². The van der Waals surface area contributed by atoms with Crippen molar-refractivity contribution in [1.29, 1.82) is 0 Å². The number of amides is 2. The highest BCUT2D eigenvalue weighted by Gasteiger charge is 2.26. The minimum absolute atomic E-state index is 0.0353. The fourth-order valence-electron chi connectivity index (χ4n) is 4.02. The zero-order valence-corrected chi connectivity index (χ0v) is 22.2. The first-order chi connectivity index (χ1) is 16.7. The van der Waals surface area contributed by atoms with Crippen LogP contribution in [0.2, 0.25) is 0 Å². The van der Waals surface area contributed by atoms with Gasteiger partial charge in [0.05, 0.1) is 16.2 Å². The highest BCUT2D eigenvalue weighted by atomic mass is 32.2. The minimum atomic E-state index is -4.34. The lowest BCUT2D eigenvalue weighted by molar-refractivity contribution is 0.0784. The maximum absolute atomic E-state index is 14.6. The molecular weight excluding hydrogens is 479 g/mol. The van der Waals surface area contributed by atoms with Crippen molar-refractivity contribution in [2.24, 2.45) is 0 Å². The Morgan fingerprint density at radius 3 is 2.11 bits per heavy atom. The van der Waals surface area contributed by atoms with Crippen molar-refractivity contribution in [2.45, 2.75) is 63.9 Å². The van der Waals surface area contributed by atoms with Crippen molar-refractivity contribution in [1.82, 2.24) is 4.72 Å². The van der Waals surface area contributed by atoms with Crippen molar-refractivity contribution in [3.63, 3.8) is 0 Å². The molecule has 6 nitrogen and oxygen atoms in total. The molecule has 0 aliphatic rings. The van der Waals surface area contributed by atoms with E-state index in [1.807, 2.05) is 48.9 Å². The van der Waals surface area contributed by atoms with E-state index in [9.17, 15) is 22.7 Å². The molecule has 3 aromatic rings. The highest BCUT2D eigenvalue weighted by molar-refractivity contribution is 7.90. The SMILES string of the molecule is CC(C)c1ccc(F)c(C(C)C)c1NC(=O)NS(=O)(=O)c1cc(-c2ccccc2)cc(C(C)(C)O)c1. The van der Waals surface area contributed by atoms with Crippen molar-refractivity contribution < 1.29 is 22.7 Å². The number of anilines is 1. The van der Waals surface area contributed by atoms with Gasteiger partial charge in [-0.15, -0.1) is 0 Å². The second-order valence-corrected chi connectivity index (χ2v) is 11.6. The summed E-state index contributed by atoms with van der Waals surface area (Å²) in [6, 6.07) is 15.6. The molecule has 0 aromatic heterocycles. The number of rotatable bonds is 7. The van der Waals surface area contributed by atoms with Crippen LogP contribution in [0.5, 0.6) is 0 Å². The molecule has 8 heteroatoms. The van der Waals surface area contributed by atoms with E-state index in [4.69, 9.17) is 0 Å². The largest absolute Gasteiger partial charge is 0.386 e. The normalized spacial score (nSPS) is 12.2. The van der Waals surface area contributed by atoms with E-state index < -0.39 is 27.5 Å². The Balaban J connectivity index is 2.01. The Labute approximate surface area is 212 Å². The number of nitrogens with one attached hydrogen (secondary N) is 2. The third-order valence-corrected chi connectivity index (χ3v) is 7.23. The number of aliphatic hydroxyl groups is 1. The molecular formula is C28H33FN2O4S. The lowest BCUT2D eigenvalue weighted by Gasteiger charge is -2.22. The molecule has 3 rings (SSSR count). The number of carbonyl (C=O) groups excluding carboxylic acids is 1. The molecule has 0 unspecified atom stereocenters. The van der Waals surface area contributed by atoms with Gasteiger partial charge in [0.1, 0.15) is 5.82 Å². The molecule has 0 radical (unpaired) electrons. The minimum Gasteiger partial charge on any atom is -0.386 e. The smallest absolute Gasteiger partial charge is 0.333 e. The Morgan fingerprint density at radius 1 is 0.917 bits per heavy atom. The molecule has 3 N–H and O–H groups in total. The molecule has 0 spiro atoms. The molecule has 0 fully saturated rings. The molecule has 2 amide bonds. The van der Waals surface area contributed by atoms with Crippen LogP contribution in [0.3, 0.4) is 0 Å². The summed E-state index contributed by atoms with van der Waals surface area (Å²) in [6.07, 6.45) is 0. The van der Waals surface area contributed by atoms with E-state index in [0.717, 1.165) is 5.56 Å². The lowest BCUT2D eigenvalue weighted by atomic mass is 9.92. The standard InChI is InChI=1S/C28H33FN2O4S/c1-17(2)23-12-13-24(29)25(18(3)4)26(23)30-27(32)31-36(34,35)22-15-20(19-10-8-7-9-11-19)14-21(16-22)28(5,6)33/h7-18,33H,1-6H3,(H2,30,31,32). The fraction of sp³-hybridized carbons (Fsp3) is 0.321. The zero-order chi connectivity index (χ0) is 26.8. The van der Waals surface area contributed by atoms with E-state index in [2.05, 4.69) is 5.32 Å². The number of urea groups is 1. The van der Waals surface area contributed by atoms with Crippen LogP contribution in [0.25, 0.3) is 11.1 Å². The Hall–Kier alpha value is -3.23. The van der Waals surface area contributed by atoms with Gasteiger partial charge in [0.15, 0.2) is 0 Å². The molecule has 0 atom stereocenters. The Morgan fingerprint density at radius 2 is 1.56 bits per heavy atom. The van der Waals surface area contributed by atoms with E-state index >= 15 is 0 Å². The summed E-state index contributed by atoms with van der Waals surface area (Å²) in [7, 11) is -4.34. The first-order valence-electron chi connectivity index (χ1n) is 11.8. The second kappa shape index (κ2) is 10.4. The number of carbonyl (C=O) groups is 1. The summed E-state index contributed by atoms with van der Waals surface area (Å²) in [5.74, 6) is -0.752. The lowest BCUT2D eigenvalue weighted by Crippen LogP contribution is -2.35. The van der Waals surface area contributed by atoms with E-state index in [0.29, 0.717) is 22.3 Å². The van der Waals surface area contributed by atoms with Crippen LogP contribution in [-0.4, -0.2) is 19.6 Å². The van der Waals surface area contributed by atoms with Gasteiger partial charge in [-0.2, -0.15) is 0 Å². The summed E-state index contributed by atoms with van der Waals surface area (Å²) < 4.78 is 43.2. The molecule has 0 saturated carbocycles. The van der Waals surface area contributed by atoms with Crippen LogP contribution in [0.4, 0.5) is 14.9 Å². The average Bonchev–Trinajstić information content (AvgIpc) is 2.78. The van der Waals surface area contributed by atoms with Gasteiger partial charge in [-0.05, 0) is 72.2 Å². The maximum Gasteiger partial charge on any atom is 0.333 e. The van der Waals surface area contributed by atoms with Crippen LogP contribution in [0, 0.1) is 5.82 Å². The molecule has 0 heterocycles.